The smallest absolute Gasteiger partial charge is 0.254 e. The maximum atomic E-state index is 13.9. The van der Waals surface area contributed by atoms with Gasteiger partial charge in [0.15, 0.2) is 0 Å². The van der Waals surface area contributed by atoms with Gasteiger partial charge in [0.2, 0.25) is 5.91 Å². The molecule has 0 fully saturated rings. The highest BCUT2D eigenvalue weighted by Crippen LogP contribution is 2.20. The highest BCUT2D eigenvalue weighted by Gasteiger charge is 2.26. The van der Waals surface area contributed by atoms with E-state index in [1.54, 1.807) is 6.07 Å². The molecule has 0 radical (unpaired) electrons. The van der Waals surface area contributed by atoms with Crippen molar-refractivity contribution in [3.63, 3.8) is 0 Å². The highest BCUT2D eigenvalue weighted by molar-refractivity contribution is 5.97. The van der Waals surface area contributed by atoms with Crippen molar-refractivity contribution in [3.05, 3.63) is 83.7 Å². The van der Waals surface area contributed by atoms with Gasteiger partial charge in [0, 0.05) is 0 Å². The van der Waals surface area contributed by atoms with Gasteiger partial charge in [0.05, 0.1) is 11.6 Å². The number of fused-ring (bicyclic) bond motifs is 1. The number of nitrogens with one attached hydrogen (secondary N) is 2. The van der Waals surface area contributed by atoms with Crippen LogP contribution in [0.15, 0.2) is 66.7 Å². The number of carbonyl (C=O) groups excluding carboxylic acids is 2. The summed E-state index contributed by atoms with van der Waals surface area (Å²) in [4.78, 5) is 25.3. The van der Waals surface area contributed by atoms with E-state index in [1.807, 2.05) is 63.2 Å². The van der Waals surface area contributed by atoms with E-state index in [0.29, 0.717) is 0 Å². The minimum Gasteiger partial charge on any atom is -0.348 e. The Bertz CT molecular complexity index is 1030. The van der Waals surface area contributed by atoms with Crippen LogP contribution in [-0.2, 0) is 4.79 Å². The third-order valence-electron chi connectivity index (χ3n) is 4.99. The van der Waals surface area contributed by atoms with E-state index in [4.69, 9.17) is 0 Å². The monoisotopic (exact) mass is 392 g/mol. The molecule has 5 heteroatoms. The Morgan fingerprint density at radius 1 is 0.828 bits per heavy atom. The van der Waals surface area contributed by atoms with Crippen molar-refractivity contribution in [2.75, 3.05) is 0 Å². The van der Waals surface area contributed by atoms with Crippen LogP contribution in [0.3, 0.4) is 0 Å². The summed E-state index contributed by atoms with van der Waals surface area (Å²) in [5.41, 5.74) is 0.897. The Morgan fingerprint density at radius 3 is 2.17 bits per heavy atom. The molecule has 3 rings (SSSR count). The first kappa shape index (κ1) is 20.5. The molecule has 2 amide bonds. The number of amides is 2. The van der Waals surface area contributed by atoms with Crippen LogP contribution in [0.1, 0.15) is 42.7 Å². The Kier molecular flexibility index (Phi) is 6.27. The maximum absolute atomic E-state index is 13.9. The molecule has 4 nitrogen and oxygen atoms in total. The molecule has 0 aliphatic carbocycles. The molecule has 0 bridgehead atoms. The molecule has 150 valence electrons. The van der Waals surface area contributed by atoms with E-state index in [-0.39, 0.29) is 23.4 Å². The molecule has 3 aromatic rings. The molecule has 2 atom stereocenters. The average molecular weight is 392 g/mol. The molecule has 0 aliphatic rings. The van der Waals surface area contributed by atoms with Crippen LogP contribution in [0.25, 0.3) is 10.8 Å². The number of hydrogen-bond donors (Lipinski definition) is 2. The van der Waals surface area contributed by atoms with Gasteiger partial charge < -0.3 is 10.6 Å². The predicted molar refractivity (Wildman–Crippen MR) is 113 cm³/mol. The molecule has 2 N–H and O–H groups in total. The summed E-state index contributed by atoms with van der Waals surface area (Å²) in [7, 11) is 0. The number of rotatable bonds is 6. The lowest BCUT2D eigenvalue weighted by Crippen LogP contribution is -2.50. The molecule has 0 saturated heterocycles. The quantitative estimate of drug-likeness (QED) is 0.644. The van der Waals surface area contributed by atoms with Crippen molar-refractivity contribution in [3.8, 4) is 0 Å². The van der Waals surface area contributed by atoms with Gasteiger partial charge in [-0.2, -0.15) is 0 Å². The van der Waals surface area contributed by atoms with Crippen LogP contribution >= 0.6 is 0 Å². The van der Waals surface area contributed by atoms with Crippen LogP contribution in [0.2, 0.25) is 0 Å². The number of hydrogen-bond acceptors (Lipinski definition) is 2. The minimum absolute atomic E-state index is 0.0754. The summed E-state index contributed by atoms with van der Waals surface area (Å²) >= 11 is 0. The van der Waals surface area contributed by atoms with E-state index in [0.717, 1.165) is 16.3 Å². The summed E-state index contributed by atoms with van der Waals surface area (Å²) in [5.74, 6) is -1.67. The molecular formula is C24H25FN2O2. The van der Waals surface area contributed by atoms with Crippen LogP contribution in [0.5, 0.6) is 0 Å². The first-order valence-electron chi connectivity index (χ1n) is 9.71. The molecule has 29 heavy (non-hydrogen) atoms. The van der Waals surface area contributed by atoms with Crippen molar-refractivity contribution >= 4 is 22.6 Å². The zero-order chi connectivity index (χ0) is 21.0. The third kappa shape index (κ3) is 4.80. The number of carbonyl (C=O) groups is 2. The molecule has 0 aromatic heterocycles. The van der Waals surface area contributed by atoms with Gasteiger partial charge in [0.1, 0.15) is 11.9 Å². The Balaban J connectivity index is 1.73. The molecular weight excluding hydrogens is 367 g/mol. The molecule has 0 saturated carbocycles. The lowest BCUT2D eigenvalue weighted by atomic mass is 10.00. The SMILES string of the molecule is CC(NC(=O)C(NC(=O)c1ccccc1F)C(C)C)c1ccc2ccccc2c1. The topological polar surface area (TPSA) is 58.2 Å². The Morgan fingerprint density at radius 2 is 1.48 bits per heavy atom. The molecule has 2 unspecified atom stereocenters. The highest BCUT2D eigenvalue weighted by atomic mass is 19.1. The van der Waals surface area contributed by atoms with E-state index >= 15 is 0 Å². The number of halogens is 1. The second kappa shape index (κ2) is 8.86. The van der Waals surface area contributed by atoms with Gasteiger partial charge in [-0.25, -0.2) is 4.39 Å². The average Bonchev–Trinajstić information content (AvgIpc) is 2.71. The fraction of sp³-hybridized carbons (Fsp3) is 0.250. The molecule has 0 heterocycles. The normalized spacial score (nSPS) is 13.1. The fourth-order valence-corrected chi connectivity index (χ4v) is 3.26. The summed E-state index contributed by atoms with van der Waals surface area (Å²) < 4.78 is 13.9. The fourth-order valence-electron chi connectivity index (χ4n) is 3.26. The lowest BCUT2D eigenvalue weighted by molar-refractivity contribution is -0.124. The summed E-state index contributed by atoms with van der Waals surface area (Å²) in [6.07, 6.45) is 0. The number of benzene rings is 3. The van der Waals surface area contributed by atoms with Gasteiger partial charge in [-0.3, -0.25) is 9.59 Å². The third-order valence-corrected chi connectivity index (χ3v) is 4.99. The van der Waals surface area contributed by atoms with Crippen LogP contribution in [0.4, 0.5) is 4.39 Å². The van der Waals surface area contributed by atoms with Crippen molar-refractivity contribution < 1.29 is 14.0 Å². The van der Waals surface area contributed by atoms with E-state index in [1.165, 1.54) is 18.2 Å². The van der Waals surface area contributed by atoms with Gasteiger partial charge in [-0.15, -0.1) is 0 Å². The molecule has 0 aliphatic heterocycles. The van der Waals surface area contributed by atoms with Crippen LogP contribution in [-0.4, -0.2) is 17.9 Å². The summed E-state index contributed by atoms with van der Waals surface area (Å²) in [6, 6.07) is 18.8. The second-order valence-corrected chi connectivity index (χ2v) is 7.51. The second-order valence-electron chi connectivity index (χ2n) is 7.51. The summed E-state index contributed by atoms with van der Waals surface area (Å²) in [6.45, 7) is 5.58. The van der Waals surface area contributed by atoms with Gasteiger partial charge >= 0.3 is 0 Å². The van der Waals surface area contributed by atoms with Crippen LogP contribution < -0.4 is 10.6 Å². The zero-order valence-corrected chi connectivity index (χ0v) is 16.8. The van der Waals surface area contributed by atoms with Crippen molar-refractivity contribution in [2.24, 2.45) is 5.92 Å². The van der Waals surface area contributed by atoms with Gasteiger partial charge in [-0.05, 0) is 47.4 Å². The van der Waals surface area contributed by atoms with Crippen molar-refractivity contribution in [2.45, 2.75) is 32.9 Å². The van der Waals surface area contributed by atoms with Gasteiger partial charge in [-0.1, -0.05) is 62.4 Å². The van der Waals surface area contributed by atoms with E-state index in [9.17, 15) is 14.0 Å². The standard InChI is InChI=1S/C24H25FN2O2/c1-15(2)22(27-23(28)20-10-6-7-11-21(20)25)24(29)26-16(3)18-13-12-17-8-4-5-9-19(17)14-18/h4-16,22H,1-3H3,(H,26,29)(H,27,28). The molecule has 0 spiro atoms. The minimum atomic E-state index is -0.773. The maximum Gasteiger partial charge on any atom is 0.254 e. The zero-order valence-electron chi connectivity index (χ0n) is 16.8. The Labute approximate surface area is 170 Å². The largest absolute Gasteiger partial charge is 0.348 e. The molecule has 3 aromatic carbocycles. The summed E-state index contributed by atoms with van der Waals surface area (Å²) in [5, 5.41) is 7.86. The van der Waals surface area contributed by atoms with Gasteiger partial charge in [0.25, 0.3) is 5.91 Å². The van der Waals surface area contributed by atoms with Crippen molar-refractivity contribution in [1.29, 1.82) is 0 Å². The van der Waals surface area contributed by atoms with E-state index < -0.39 is 17.8 Å². The van der Waals surface area contributed by atoms with Crippen LogP contribution in [0, 0.1) is 11.7 Å². The Hall–Kier alpha value is -3.21. The lowest BCUT2D eigenvalue weighted by Gasteiger charge is -2.24. The predicted octanol–water partition coefficient (Wildman–Crippen LogP) is 4.61. The van der Waals surface area contributed by atoms with E-state index in [2.05, 4.69) is 10.6 Å². The first-order chi connectivity index (χ1) is 13.9. The van der Waals surface area contributed by atoms with Crippen molar-refractivity contribution in [1.82, 2.24) is 10.6 Å². The first-order valence-corrected chi connectivity index (χ1v) is 9.71.